The number of pyridine rings is 2. The molecular weight excluding hydrogens is 381 g/mol. The molecule has 4 rings (SSSR count). The summed E-state index contributed by atoms with van der Waals surface area (Å²) in [5.41, 5.74) is 7.76. The van der Waals surface area contributed by atoms with E-state index in [4.69, 9.17) is 5.73 Å². The van der Waals surface area contributed by atoms with E-state index in [9.17, 15) is 0 Å². The van der Waals surface area contributed by atoms with Crippen LogP contribution in [0.25, 0.3) is 11.1 Å². The molecule has 2 saturated heterocycles. The molecule has 2 aliphatic rings. The maximum Gasteiger partial charge on any atom is 0.128 e. The Balaban J connectivity index is 0.00000104. The van der Waals surface area contributed by atoms with Crippen molar-refractivity contribution >= 4 is 48.9 Å². The molecule has 0 saturated carbocycles. The van der Waals surface area contributed by atoms with Gasteiger partial charge in [-0.2, -0.15) is 0 Å². The van der Waals surface area contributed by atoms with Crippen LogP contribution in [0.5, 0.6) is 0 Å². The Kier molecular flexibility index (Phi) is 7.75. The van der Waals surface area contributed by atoms with Gasteiger partial charge in [0.2, 0.25) is 0 Å². The van der Waals surface area contributed by atoms with Crippen molar-refractivity contribution in [3.63, 3.8) is 0 Å². The summed E-state index contributed by atoms with van der Waals surface area (Å²) in [6, 6.07) is 8.04. The van der Waals surface area contributed by atoms with Gasteiger partial charge in [0.1, 0.15) is 11.6 Å². The predicted octanol–water partition coefficient (Wildman–Crippen LogP) is 2.99. The highest BCUT2D eigenvalue weighted by atomic mass is 35.5. The Labute approximate surface area is 167 Å². The maximum absolute atomic E-state index is 5.63. The van der Waals surface area contributed by atoms with E-state index in [1.54, 1.807) is 6.20 Å². The zero-order valence-corrected chi connectivity index (χ0v) is 16.5. The smallest absolute Gasteiger partial charge is 0.128 e. The average Bonchev–Trinajstić information content (AvgIpc) is 3.05. The molecule has 0 amide bonds. The third-order valence-electron chi connectivity index (χ3n) is 4.86. The first kappa shape index (κ1) is 21.8. The van der Waals surface area contributed by atoms with Crippen LogP contribution in [0.1, 0.15) is 0 Å². The van der Waals surface area contributed by atoms with Gasteiger partial charge < -0.3 is 15.5 Å². The molecule has 0 bridgehead atoms. The summed E-state index contributed by atoms with van der Waals surface area (Å²) in [5.74, 6) is 3.23. The Bertz CT molecular complexity index is 651. The number of rotatable bonds is 2. The first-order chi connectivity index (χ1) is 10.7. The van der Waals surface area contributed by atoms with Gasteiger partial charge in [-0.3, -0.25) is 0 Å². The second-order valence-electron chi connectivity index (χ2n) is 6.52. The van der Waals surface area contributed by atoms with Crippen LogP contribution in [0.4, 0.5) is 11.6 Å². The zero-order valence-electron chi connectivity index (χ0n) is 14.0. The van der Waals surface area contributed by atoms with Crippen LogP contribution in [-0.2, 0) is 0 Å². The number of likely N-dealkylation sites (tertiary alicyclic amines) is 1. The third kappa shape index (κ3) is 4.47. The number of nitrogen functional groups attached to an aromatic ring is 1. The first-order valence-electron chi connectivity index (χ1n) is 7.80. The minimum atomic E-state index is 0. The molecular formula is C17H24Cl3N5. The summed E-state index contributed by atoms with van der Waals surface area (Å²) < 4.78 is 0. The molecule has 0 aromatic carbocycles. The van der Waals surface area contributed by atoms with E-state index >= 15 is 0 Å². The van der Waals surface area contributed by atoms with E-state index < -0.39 is 0 Å². The summed E-state index contributed by atoms with van der Waals surface area (Å²) in [6.07, 6.45) is 3.73. The molecule has 5 nitrogen and oxygen atoms in total. The average molecular weight is 405 g/mol. The van der Waals surface area contributed by atoms with Gasteiger partial charge in [-0.15, -0.1) is 37.2 Å². The molecule has 8 heteroatoms. The van der Waals surface area contributed by atoms with Crippen molar-refractivity contribution in [1.29, 1.82) is 0 Å². The van der Waals surface area contributed by atoms with Gasteiger partial charge in [0, 0.05) is 49.7 Å². The fraction of sp³-hybridized carbons (Fsp3) is 0.412. The van der Waals surface area contributed by atoms with E-state index in [0.29, 0.717) is 5.82 Å². The van der Waals surface area contributed by atoms with Crippen molar-refractivity contribution in [2.45, 2.75) is 0 Å². The quantitative estimate of drug-likeness (QED) is 0.834. The lowest BCUT2D eigenvalue weighted by molar-refractivity contribution is 0.387. The second kappa shape index (κ2) is 8.90. The Morgan fingerprint density at radius 3 is 1.88 bits per heavy atom. The van der Waals surface area contributed by atoms with Gasteiger partial charge in [0.05, 0.1) is 0 Å². The summed E-state index contributed by atoms with van der Waals surface area (Å²) in [5, 5.41) is 0. The number of fused-ring (bicyclic) bond motifs is 1. The SMILES string of the molecule is CN1CC2CN(c3ccc(-c4ccc(N)nc4)cn3)CC2C1.Cl.Cl.Cl. The summed E-state index contributed by atoms with van der Waals surface area (Å²) in [4.78, 5) is 13.7. The molecule has 0 aliphatic carbocycles. The van der Waals surface area contributed by atoms with E-state index in [1.165, 1.54) is 13.1 Å². The fourth-order valence-corrected chi connectivity index (χ4v) is 3.73. The van der Waals surface area contributed by atoms with Crippen molar-refractivity contribution in [1.82, 2.24) is 14.9 Å². The predicted molar refractivity (Wildman–Crippen MR) is 110 cm³/mol. The first-order valence-corrected chi connectivity index (χ1v) is 7.80. The van der Waals surface area contributed by atoms with E-state index in [0.717, 1.165) is 41.9 Å². The van der Waals surface area contributed by atoms with Crippen LogP contribution in [0.3, 0.4) is 0 Å². The van der Waals surface area contributed by atoms with Crippen molar-refractivity contribution in [2.75, 3.05) is 43.9 Å². The fourth-order valence-electron chi connectivity index (χ4n) is 3.73. The second-order valence-corrected chi connectivity index (χ2v) is 6.52. The van der Waals surface area contributed by atoms with Crippen molar-refractivity contribution in [3.8, 4) is 11.1 Å². The van der Waals surface area contributed by atoms with Crippen molar-refractivity contribution in [3.05, 3.63) is 36.7 Å². The lowest BCUT2D eigenvalue weighted by atomic mass is 10.0. The summed E-state index contributed by atoms with van der Waals surface area (Å²) >= 11 is 0. The molecule has 0 radical (unpaired) electrons. The van der Waals surface area contributed by atoms with Crippen LogP contribution in [-0.4, -0.2) is 48.1 Å². The van der Waals surface area contributed by atoms with Gasteiger partial charge in [0.15, 0.2) is 0 Å². The molecule has 4 heterocycles. The topological polar surface area (TPSA) is 58.3 Å². The molecule has 25 heavy (non-hydrogen) atoms. The maximum atomic E-state index is 5.63. The van der Waals surface area contributed by atoms with Crippen LogP contribution < -0.4 is 10.6 Å². The number of halogens is 3. The van der Waals surface area contributed by atoms with Crippen LogP contribution in [0.15, 0.2) is 36.7 Å². The zero-order chi connectivity index (χ0) is 15.1. The van der Waals surface area contributed by atoms with Gasteiger partial charge in [-0.25, -0.2) is 9.97 Å². The standard InChI is InChI=1S/C17H21N5.3ClH/c1-21-8-14-10-22(11-15(14)9-21)17-5-3-13(7-20-17)12-2-4-16(18)19-6-12;;;/h2-7,14-15H,8-11H2,1H3,(H2,18,19);3*1H. The number of hydrogen-bond donors (Lipinski definition) is 1. The highest BCUT2D eigenvalue weighted by Crippen LogP contribution is 2.33. The van der Waals surface area contributed by atoms with Crippen LogP contribution >= 0.6 is 37.2 Å². The van der Waals surface area contributed by atoms with E-state index in [2.05, 4.69) is 38.9 Å². The molecule has 2 aromatic heterocycles. The minimum absolute atomic E-state index is 0. The van der Waals surface area contributed by atoms with Gasteiger partial charge >= 0.3 is 0 Å². The lowest BCUT2D eigenvalue weighted by Gasteiger charge is -2.20. The summed E-state index contributed by atoms with van der Waals surface area (Å²) in [7, 11) is 2.22. The van der Waals surface area contributed by atoms with Crippen molar-refractivity contribution < 1.29 is 0 Å². The molecule has 2 N–H and O–H groups in total. The van der Waals surface area contributed by atoms with Gasteiger partial charge in [-0.1, -0.05) is 0 Å². The monoisotopic (exact) mass is 403 g/mol. The lowest BCUT2D eigenvalue weighted by Crippen LogP contribution is -2.27. The molecule has 2 fully saturated rings. The highest BCUT2D eigenvalue weighted by molar-refractivity contribution is 5.86. The largest absolute Gasteiger partial charge is 0.384 e. The van der Waals surface area contributed by atoms with Gasteiger partial charge in [0.25, 0.3) is 0 Å². The highest BCUT2D eigenvalue weighted by Gasteiger charge is 2.38. The molecule has 2 aliphatic heterocycles. The Morgan fingerprint density at radius 2 is 1.40 bits per heavy atom. The number of anilines is 2. The Morgan fingerprint density at radius 1 is 0.840 bits per heavy atom. The Hall–Kier alpha value is -1.27. The van der Waals surface area contributed by atoms with Crippen molar-refractivity contribution in [2.24, 2.45) is 11.8 Å². The normalized spacial score (nSPS) is 21.7. The number of aromatic nitrogens is 2. The van der Waals surface area contributed by atoms with E-state index in [1.807, 2.05) is 18.3 Å². The molecule has 2 aromatic rings. The third-order valence-corrected chi connectivity index (χ3v) is 4.86. The molecule has 2 atom stereocenters. The van der Waals surface area contributed by atoms with Crippen LogP contribution in [0.2, 0.25) is 0 Å². The van der Waals surface area contributed by atoms with Gasteiger partial charge in [-0.05, 0) is 43.1 Å². The number of hydrogen-bond acceptors (Lipinski definition) is 5. The number of nitrogens with two attached hydrogens (primary N) is 1. The van der Waals surface area contributed by atoms with E-state index in [-0.39, 0.29) is 37.2 Å². The molecule has 0 spiro atoms. The number of nitrogens with zero attached hydrogens (tertiary/aromatic N) is 4. The van der Waals surface area contributed by atoms with Crippen LogP contribution in [0, 0.1) is 11.8 Å². The minimum Gasteiger partial charge on any atom is -0.384 e. The summed E-state index contributed by atoms with van der Waals surface area (Å²) in [6.45, 7) is 4.70. The molecule has 2 unspecified atom stereocenters. The molecule has 138 valence electrons.